The summed E-state index contributed by atoms with van der Waals surface area (Å²) in [6.45, 7) is 9.11. The van der Waals surface area contributed by atoms with Gasteiger partial charge in [-0.3, -0.25) is 9.58 Å². The number of nitrogens with zero attached hydrogens (tertiary/aromatic N) is 5. The predicted octanol–water partition coefficient (Wildman–Crippen LogP) is 3.36. The van der Waals surface area contributed by atoms with Gasteiger partial charge >= 0.3 is 0 Å². The Labute approximate surface area is 147 Å². The average molecular weight is 337 g/mol. The Morgan fingerprint density at radius 3 is 2.80 bits per heavy atom. The van der Waals surface area contributed by atoms with Crippen molar-refractivity contribution in [2.45, 2.75) is 39.8 Å². The molecule has 4 rings (SSSR count). The van der Waals surface area contributed by atoms with E-state index < -0.39 is 0 Å². The monoisotopic (exact) mass is 337 g/mol. The molecule has 1 saturated heterocycles. The second kappa shape index (κ2) is 6.44. The van der Waals surface area contributed by atoms with Crippen molar-refractivity contribution in [1.29, 1.82) is 0 Å². The number of likely N-dealkylation sites (tertiary alicyclic amines) is 1. The van der Waals surface area contributed by atoms with Gasteiger partial charge in [0.25, 0.3) is 0 Å². The second-order valence-electron chi connectivity index (χ2n) is 6.67. The predicted molar refractivity (Wildman–Crippen MR) is 95.1 cm³/mol. The Bertz CT molecular complexity index is 880. The van der Waals surface area contributed by atoms with Crippen molar-refractivity contribution in [3.05, 3.63) is 53.2 Å². The highest BCUT2D eigenvalue weighted by molar-refractivity contribution is 5.55. The van der Waals surface area contributed by atoms with Crippen molar-refractivity contribution >= 4 is 0 Å². The van der Waals surface area contributed by atoms with Gasteiger partial charge in [-0.15, -0.1) is 0 Å². The van der Waals surface area contributed by atoms with Crippen LogP contribution in [-0.2, 0) is 6.54 Å². The smallest absolute Gasteiger partial charge is 0.244 e. The zero-order chi connectivity index (χ0) is 17.4. The fraction of sp³-hybridized carbons (Fsp3) is 0.421. The Morgan fingerprint density at radius 2 is 2.12 bits per heavy atom. The molecule has 3 aromatic rings. The van der Waals surface area contributed by atoms with Crippen LogP contribution in [0, 0.1) is 13.8 Å². The lowest BCUT2D eigenvalue weighted by Crippen LogP contribution is -2.40. The van der Waals surface area contributed by atoms with Crippen LogP contribution in [-0.4, -0.2) is 37.9 Å². The summed E-state index contributed by atoms with van der Waals surface area (Å²) in [4.78, 5) is 6.97. The van der Waals surface area contributed by atoms with Gasteiger partial charge in [0, 0.05) is 17.8 Å². The standard InChI is InChI=1S/C19H23N5O/c1-4-23-9-8-17(23)19-20-18(22-25-19)16-7-5-6-15(11-16)12-24-14(3)10-13(2)21-24/h5-7,10-11,17H,4,8-9,12H2,1-3H3. The lowest BCUT2D eigenvalue weighted by atomic mass is 10.0. The van der Waals surface area contributed by atoms with Crippen molar-refractivity contribution in [3.8, 4) is 11.4 Å². The van der Waals surface area contributed by atoms with E-state index in [4.69, 9.17) is 4.52 Å². The first-order valence-electron chi connectivity index (χ1n) is 8.82. The molecule has 1 unspecified atom stereocenters. The van der Waals surface area contributed by atoms with Crippen LogP contribution in [0.1, 0.15) is 42.2 Å². The van der Waals surface area contributed by atoms with Crippen molar-refractivity contribution in [3.63, 3.8) is 0 Å². The van der Waals surface area contributed by atoms with Gasteiger partial charge in [0.05, 0.1) is 18.3 Å². The first kappa shape index (κ1) is 16.0. The summed E-state index contributed by atoms with van der Waals surface area (Å²) in [6, 6.07) is 10.7. The molecule has 6 heteroatoms. The van der Waals surface area contributed by atoms with Gasteiger partial charge in [-0.05, 0) is 44.5 Å². The molecule has 0 spiro atoms. The first-order valence-corrected chi connectivity index (χ1v) is 8.82. The summed E-state index contributed by atoms with van der Waals surface area (Å²) in [5.41, 5.74) is 4.36. The average Bonchev–Trinajstić information content (AvgIpc) is 3.14. The largest absolute Gasteiger partial charge is 0.337 e. The van der Waals surface area contributed by atoms with E-state index in [9.17, 15) is 0 Å². The molecule has 6 nitrogen and oxygen atoms in total. The van der Waals surface area contributed by atoms with Crippen molar-refractivity contribution in [2.75, 3.05) is 13.1 Å². The quantitative estimate of drug-likeness (QED) is 0.714. The van der Waals surface area contributed by atoms with Gasteiger partial charge in [-0.2, -0.15) is 10.1 Å². The molecule has 1 aliphatic heterocycles. The van der Waals surface area contributed by atoms with Crippen LogP contribution < -0.4 is 0 Å². The summed E-state index contributed by atoms with van der Waals surface area (Å²) in [5, 5.41) is 8.73. The summed E-state index contributed by atoms with van der Waals surface area (Å²) in [5.74, 6) is 1.39. The molecule has 1 aliphatic rings. The molecule has 0 bridgehead atoms. The zero-order valence-corrected chi connectivity index (χ0v) is 14.9. The number of hydrogen-bond donors (Lipinski definition) is 0. The lowest BCUT2D eigenvalue weighted by molar-refractivity contribution is 0.0705. The third-order valence-corrected chi connectivity index (χ3v) is 4.88. The molecule has 3 heterocycles. The summed E-state index contributed by atoms with van der Waals surface area (Å²) < 4.78 is 7.53. The number of hydrogen-bond acceptors (Lipinski definition) is 5. The SMILES string of the molecule is CCN1CCC1c1nc(-c2cccc(Cn3nc(C)cc3C)c2)no1. The second-order valence-corrected chi connectivity index (χ2v) is 6.67. The van der Waals surface area contributed by atoms with E-state index in [1.54, 1.807) is 0 Å². The number of aromatic nitrogens is 4. The molecule has 25 heavy (non-hydrogen) atoms. The maximum Gasteiger partial charge on any atom is 0.244 e. The maximum absolute atomic E-state index is 5.52. The minimum Gasteiger partial charge on any atom is -0.337 e. The van der Waals surface area contributed by atoms with E-state index in [0.717, 1.165) is 48.9 Å². The van der Waals surface area contributed by atoms with Crippen molar-refractivity contribution < 1.29 is 4.52 Å². The molecule has 0 N–H and O–H groups in total. The van der Waals surface area contributed by atoms with E-state index in [2.05, 4.69) is 52.2 Å². The van der Waals surface area contributed by atoms with Crippen LogP contribution in [0.15, 0.2) is 34.9 Å². The number of aryl methyl sites for hydroxylation is 2. The third-order valence-electron chi connectivity index (χ3n) is 4.88. The van der Waals surface area contributed by atoms with E-state index in [0.29, 0.717) is 5.82 Å². The molecule has 2 aromatic heterocycles. The Hall–Kier alpha value is -2.47. The van der Waals surface area contributed by atoms with Gasteiger partial charge in [0.2, 0.25) is 11.7 Å². The van der Waals surface area contributed by atoms with Gasteiger partial charge in [-0.1, -0.05) is 30.3 Å². The van der Waals surface area contributed by atoms with Gasteiger partial charge in [0.1, 0.15) is 0 Å². The molecule has 0 amide bonds. The summed E-state index contributed by atoms with van der Waals surface area (Å²) in [7, 11) is 0. The topological polar surface area (TPSA) is 60.0 Å². The minimum absolute atomic E-state index is 0.282. The molecule has 1 aromatic carbocycles. The van der Waals surface area contributed by atoms with Gasteiger partial charge < -0.3 is 4.52 Å². The third kappa shape index (κ3) is 3.09. The fourth-order valence-electron chi connectivity index (χ4n) is 3.40. The maximum atomic E-state index is 5.52. The molecule has 0 radical (unpaired) electrons. The molecular formula is C19H23N5O. The van der Waals surface area contributed by atoms with Crippen LogP contribution >= 0.6 is 0 Å². The highest BCUT2D eigenvalue weighted by Crippen LogP contribution is 2.32. The fourth-order valence-corrected chi connectivity index (χ4v) is 3.40. The van der Waals surface area contributed by atoms with E-state index >= 15 is 0 Å². The van der Waals surface area contributed by atoms with Gasteiger partial charge in [0.15, 0.2) is 0 Å². The molecule has 1 atom stereocenters. The van der Waals surface area contributed by atoms with E-state index in [1.807, 2.05) is 23.7 Å². The normalized spacial score (nSPS) is 17.6. The van der Waals surface area contributed by atoms with Crippen LogP contribution in [0.25, 0.3) is 11.4 Å². The lowest BCUT2D eigenvalue weighted by Gasteiger charge is -2.37. The summed E-state index contributed by atoms with van der Waals surface area (Å²) >= 11 is 0. The first-order chi connectivity index (χ1) is 12.1. The van der Waals surface area contributed by atoms with Crippen LogP contribution in [0.3, 0.4) is 0 Å². The Balaban J connectivity index is 1.55. The van der Waals surface area contributed by atoms with Crippen LogP contribution in [0.4, 0.5) is 0 Å². The van der Waals surface area contributed by atoms with Crippen molar-refractivity contribution in [1.82, 2.24) is 24.8 Å². The van der Waals surface area contributed by atoms with E-state index in [-0.39, 0.29) is 6.04 Å². The molecule has 130 valence electrons. The van der Waals surface area contributed by atoms with Crippen LogP contribution in [0.2, 0.25) is 0 Å². The van der Waals surface area contributed by atoms with Crippen LogP contribution in [0.5, 0.6) is 0 Å². The minimum atomic E-state index is 0.282. The highest BCUT2D eigenvalue weighted by atomic mass is 16.5. The molecule has 1 fully saturated rings. The van der Waals surface area contributed by atoms with Crippen molar-refractivity contribution in [2.24, 2.45) is 0 Å². The Morgan fingerprint density at radius 1 is 1.24 bits per heavy atom. The summed E-state index contributed by atoms with van der Waals surface area (Å²) in [6.07, 6.45) is 1.09. The highest BCUT2D eigenvalue weighted by Gasteiger charge is 2.32. The van der Waals surface area contributed by atoms with Gasteiger partial charge in [-0.25, -0.2) is 0 Å². The zero-order valence-electron chi connectivity index (χ0n) is 14.9. The molecular weight excluding hydrogens is 314 g/mol. The molecule has 0 aliphatic carbocycles. The number of rotatable bonds is 5. The number of benzene rings is 1. The Kier molecular flexibility index (Phi) is 4.13. The molecule has 0 saturated carbocycles. The van der Waals surface area contributed by atoms with E-state index in [1.165, 1.54) is 5.56 Å².